The second-order valence-electron chi connectivity index (χ2n) is 9.50. The number of nitrogens with one attached hydrogen (secondary N) is 1. The van der Waals surface area contributed by atoms with E-state index in [0.717, 1.165) is 50.3 Å². The lowest BCUT2D eigenvalue weighted by Gasteiger charge is -2.26. The second-order valence-corrected chi connectivity index (χ2v) is 9.50. The van der Waals surface area contributed by atoms with Crippen molar-refractivity contribution in [2.24, 2.45) is 5.92 Å². The number of carbonyl (C=O) groups is 1. The number of amides is 1. The van der Waals surface area contributed by atoms with Crippen molar-refractivity contribution in [3.8, 4) is 5.88 Å². The largest absolute Gasteiger partial charge is 0.475 e. The van der Waals surface area contributed by atoms with Gasteiger partial charge < -0.3 is 19.9 Å². The summed E-state index contributed by atoms with van der Waals surface area (Å²) in [5, 5.41) is 3.34. The maximum atomic E-state index is 13.2. The molecule has 6 nitrogen and oxygen atoms in total. The highest BCUT2D eigenvalue weighted by Gasteiger charge is 2.30. The van der Waals surface area contributed by atoms with Crippen molar-refractivity contribution in [1.82, 2.24) is 15.2 Å². The lowest BCUT2D eigenvalue weighted by atomic mass is 10.0. The van der Waals surface area contributed by atoms with Gasteiger partial charge in [-0.2, -0.15) is 0 Å². The van der Waals surface area contributed by atoms with E-state index in [4.69, 9.17) is 4.74 Å². The fourth-order valence-electron chi connectivity index (χ4n) is 4.75. The molecule has 3 heterocycles. The quantitative estimate of drug-likeness (QED) is 0.627. The van der Waals surface area contributed by atoms with Crippen molar-refractivity contribution in [1.29, 1.82) is 0 Å². The molecule has 0 radical (unpaired) electrons. The van der Waals surface area contributed by atoms with Crippen LogP contribution in [0.4, 0.5) is 10.1 Å². The van der Waals surface area contributed by atoms with E-state index in [9.17, 15) is 9.18 Å². The maximum absolute atomic E-state index is 13.2. The Morgan fingerprint density at radius 3 is 2.58 bits per heavy atom. The molecule has 2 unspecified atom stereocenters. The van der Waals surface area contributed by atoms with E-state index < -0.39 is 0 Å². The van der Waals surface area contributed by atoms with E-state index in [1.807, 2.05) is 32.2 Å². The topological polar surface area (TPSA) is 57.7 Å². The molecule has 178 valence electrons. The first-order valence-corrected chi connectivity index (χ1v) is 12.1. The number of ether oxygens (including phenoxy) is 1. The van der Waals surface area contributed by atoms with E-state index in [0.29, 0.717) is 12.4 Å². The molecule has 4 rings (SSSR count). The smallest absolute Gasteiger partial charge is 0.225 e. The Bertz CT molecular complexity index is 898. The molecule has 7 heteroatoms. The van der Waals surface area contributed by atoms with Crippen LogP contribution in [0.1, 0.15) is 38.7 Å². The summed E-state index contributed by atoms with van der Waals surface area (Å²) in [5.41, 5.74) is 2.06. The zero-order valence-corrected chi connectivity index (χ0v) is 19.7. The summed E-state index contributed by atoms with van der Waals surface area (Å²) in [7, 11) is 0. The Labute approximate surface area is 196 Å². The van der Waals surface area contributed by atoms with Crippen LogP contribution in [0.2, 0.25) is 0 Å². The van der Waals surface area contributed by atoms with Crippen LogP contribution in [0.15, 0.2) is 42.6 Å². The average Bonchev–Trinajstić information content (AvgIpc) is 3.48. The van der Waals surface area contributed by atoms with Gasteiger partial charge in [0.15, 0.2) is 0 Å². The van der Waals surface area contributed by atoms with E-state index >= 15 is 0 Å². The minimum absolute atomic E-state index is 0.0362. The van der Waals surface area contributed by atoms with Crippen LogP contribution in [0.3, 0.4) is 0 Å². The lowest BCUT2D eigenvalue weighted by molar-refractivity contribution is -0.125. The average molecular weight is 455 g/mol. The van der Waals surface area contributed by atoms with Gasteiger partial charge >= 0.3 is 0 Å². The van der Waals surface area contributed by atoms with Crippen LogP contribution in [-0.2, 0) is 11.2 Å². The molecule has 1 N–H and O–H groups in total. The van der Waals surface area contributed by atoms with Crippen molar-refractivity contribution in [2.75, 3.05) is 37.6 Å². The van der Waals surface area contributed by atoms with Gasteiger partial charge in [0, 0.05) is 43.6 Å². The molecule has 2 saturated heterocycles. The summed E-state index contributed by atoms with van der Waals surface area (Å²) < 4.78 is 18.9. The highest BCUT2D eigenvalue weighted by molar-refractivity contribution is 5.80. The number of anilines is 1. The van der Waals surface area contributed by atoms with Crippen LogP contribution in [-0.4, -0.2) is 60.7 Å². The minimum atomic E-state index is -0.240. The van der Waals surface area contributed by atoms with Gasteiger partial charge in [0.25, 0.3) is 0 Å². The summed E-state index contributed by atoms with van der Waals surface area (Å²) in [6, 6.07) is 10.5. The van der Waals surface area contributed by atoms with Crippen molar-refractivity contribution >= 4 is 11.6 Å². The molecule has 2 atom stereocenters. The van der Waals surface area contributed by atoms with Crippen molar-refractivity contribution in [3.63, 3.8) is 0 Å². The fourth-order valence-corrected chi connectivity index (χ4v) is 4.75. The Morgan fingerprint density at radius 1 is 1.15 bits per heavy atom. The van der Waals surface area contributed by atoms with Gasteiger partial charge in [-0.1, -0.05) is 6.07 Å². The molecule has 0 saturated carbocycles. The molecule has 0 spiro atoms. The fraction of sp³-hybridized carbons (Fsp3) is 0.538. The Balaban J connectivity index is 1.37. The van der Waals surface area contributed by atoms with Crippen LogP contribution >= 0.6 is 0 Å². The third-order valence-corrected chi connectivity index (χ3v) is 6.41. The van der Waals surface area contributed by atoms with Gasteiger partial charge in [0.05, 0.1) is 12.0 Å². The number of halogens is 1. The number of carbonyl (C=O) groups excluding carboxylic acids is 1. The van der Waals surface area contributed by atoms with E-state index in [2.05, 4.69) is 20.1 Å². The minimum Gasteiger partial charge on any atom is -0.475 e. The number of nitrogens with zero attached hydrogens (tertiary/aromatic N) is 3. The van der Waals surface area contributed by atoms with E-state index in [1.165, 1.54) is 25.0 Å². The molecular weight excluding hydrogens is 419 g/mol. The molecule has 1 aromatic heterocycles. The molecule has 1 amide bonds. The first kappa shape index (κ1) is 23.5. The third-order valence-electron chi connectivity index (χ3n) is 6.41. The van der Waals surface area contributed by atoms with Gasteiger partial charge in [0.2, 0.25) is 11.8 Å². The Hall–Kier alpha value is -2.67. The Kier molecular flexibility index (Phi) is 7.81. The molecule has 0 bridgehead atoms. The van der Waals surface area contributed by atoms with Crippen LogP contribution in [0.25, 0.3) is 0 Å². The van der Waals surface area contributed by atoms with Crippen molar-refractivity contribution < 1.29 is 13.9 Å². The van der Waals surface area contributed by atoms with Crippen LogP contribution in [0, 0.1) is 11.7 Å². The first-order valence-electron chi connectivity index (χ1n) is 12.1. The molecule has 2 aliphatic rings. The number of pyridine rings is 1. The van der Waals surface area contributed by atoms with Gasteiger partial charge in [-0.05, 0) is 82.4 Å². The number of hydrogen-bond donors (Lipinski definition) is 1. The number of aromatic nitrogens is 1. The SMILES string of the molecule is CC(C)Oc1ccc(CC(CN2CCCC2)NC(=O)C2CCN(c3ccc(F)cc3)C2)cn1. The predicted octanol–water partition coefficient (Wildman–Crippen LogP) is 3.66. The van der Waals surface area contributed by atoms with Crippen LogP contribution < -0.4 is 15.0 Å². The summed E-state index contributed by atoms with van der Waals surface area (Å²) in [5.74, 6) is 0.434. The second kappa shape index (κ2) is 11.0. The van der Waals surface area contributed by atoms with E-state index in [1.54, 1.807) is 12.1 Å². The number of hydrogen-bond acceptors (Lipinski definition) is 5. The zero-order chi connectivity index (χ0) is 23.2. The van der Waals surface area contributed by atoms with Crippen molar-refractivity contribution in [2.45, 2.75) is 51.7 Å². The maximum Gasteiger partial charge on any atom is 0.225 e. The summed E-state index contributed by atoms with van der Waals surface area (Å²) in [4.78, 5) is 22.2. The van der Waals surface area contributed by atoms with Gasteiger partial charge in [-0.25, -0.2) is 9.37 Å². The van der Waals surface area contributed by atoms with Gasteiger partial charge in [0.1, 0.15) is 5.82 Å². The third kappa shape index (κ3) is 6.67. The lowest BCUT2D eigenvalue weighted by Crippen LogP contribution is -2.46. The van der Waals surface area contributed by atoms with Crippen LogP contribution in [0.5, 0.6) is 5.88 Å². The molecule has 2 aromatic rings. The summed E-state index contributed by atoms with van der Waals surface area (Å²) >= 11 is 0. The normalized spacial score (nSPS) is 19.8. The summed E-state index contributed by atoms with van der Waals surface area (Å²) in [6.45, 7) is 8.47. The van der Waals surface area contributed by atoms with Crippen molar-refractivity contribution in [3.05, 3.63) is 54.0 Å². The number of rotatable bonds is 9. The summed E-state index contributed by atoms with van der Waals surface area (Å²) in [6.07, 6.45) is 5.93. The molecule has 2 aliphatic heterocycles. The molecule has 0 aliphatic carbocycles. The number of likely N-dealkylation sites (tertiary alicyclic amines) is 1. The predicted molar refractivity (Wildman–Crippen MR) is 128 cm³/mol. The van der Waals surface area contributed by atoms with E-state index in [-0.39, 0.29) is 29.8 Å². The molecule has 1 aromatic carbocycles. The zero-order valence-electron chi connectivity index (χ0n) is 19.7. The van der Waals surface area contributed by atoms with Gasteiger partial charge in [-0.15, -0.1) is 0 Å². The van der Waals surface area contributed by atoms with Gasteiger partial charge in [-0.3, -0.25) is 4.79 Å². The molecule has 33 heavy (non-hydrogen) atoms. The highest BCUT2D eigenvalue weighted by Crippen LogP contribution is 2.24. The Morgan fingerprint density at radius 2 is 1.91 bits per heavy atom. The standard InChI is InChI=1S/C26H35FN4O2/c1-19(2)33-25-10-5-20(16-28-25)15-23(18-30-12-3-4-13-30)29-26(32)21-11-14-31(17-21)24-8-6-22(27)7-9-24/h5-10,16,19,21,23H,3-4,11-15,17-18H2,1-2H3,(H,29,32). The highest BCUT2D eigenvalue weighted by atomic mass is 19.1. The number of benzene rings is 1. The monoisotopic (exact) mass is 454 g/mol. The molecular formula is C26H35FN4O2. The molecule has 2 fully saturated rings. The first-order chi connectivity index (χ1) is 16.0.